The van der Waals surface area contributed by atoms with Crippen molar-refractivity contribution in [2.24, 2.45) is 0 Å². The van der Waals surface area contributed by atoms with Gasteiger partial charge in [-0.3, -0.25) is 19.5 Å². The van der Waals surface area contributed by atoms with Crippen LogP contribution in [0.25, 0.3) is 5.69 Å². The number of aromatic nitrogens is 3. The maximum Gasteiger partial charge on any atom is 0.271 e. The van der Waals surface area contributed by atoms with Crippen LogP contribution < -0.4 is 10.2 Å². The summed E-state index contributed by atoms with van der Waals surface area (Å²) in [6.45, 7) is 1.84. The van der Waals surface area contributed by atoms with Crippen LogP contribution in [0.2, 0.25) is 5.02 Å². The Kier molecular flexibility index (Phi) is 6.91. The van der Waals surface area contributed by atoms with Crippen LogP contribution in [0, 0.1) is 10.1 Å². The molecule has 2 aromatic carbocycles. The highest BCUT2D eigenvalue weighted by Gasteiger charge is 2.22. The largest absolute Gasteiger partial charge is 0.341 e. The van der Waals surface area contributed by atoms with Gasteiger partial charge in [0.05, 0.1) is 27.1 Å². The van der Waals surface area contributed by atoms with Crippen LogP contribution in [0.4, 0.5) is 17.3 Å². The lowest BCUT2D eigenvalue weighted by atomic mass is 10.1. The molecule has 0 saturated carbocycles. The summed E-state index contributed by atoms with van der Waals surface area (Å²) in [7, 11) is 0. The number of nitrogens with one attached hydrogen (secondary N) is 1. The van der Waals surface area contributed by atoms with Gasteiger partial charge in [-0.2, -0.15) is 0 Å². The number of carbonyl (C=O) groups is 1. The third kappa shape index (κ3) is 5.03. The number of para-hydroxylation sites is 1. The average Bonchev–Trinajstić information content (AvgIpc) is 3.24. The minimum Gasteiger partial charge on any atom is -0.341 e. The predicted molar refractivity (Wildman–Crippen MR) is 125 cm³/mol. The lowest BCUT2D eigenvalue weighted by Gasteiger charge is -2.27. The topological polar surface area (TPSA) is 106 Å². The molecule has 1 amide bonds. The van der Waals surface area contributed by atoms with E-state index in [1.54, 1.807) is 0 Å². The summed E-state index contributed by atoms with van der Waals surface area (Å²) >= 11 is 7.32. The molecule has 9 nitrogen and oxygen atoms in total. The second-order valence-corrected chi connectivity index (χ2v) is 8.61. The van der Waals surface area contributed by atoms with E-state index >= 15 is 0 Å². The number of nitro benzene ring substituents is 1. The minimum absolute atomic E-state index is 0.0456. The second-order valence-electron chi connectivity index (χ2n) is 7.26. The molecule has 32 heavy (non-hydrogen) atoms. The molecule has 4 rings (SSSR count). The maximum atomic E-state index is 12.5. The zero-order chi connectivity index (χ0) is 22.5. The number of thioether (sulfide) groups is 1. The van der Waals surface area contributed by atoms with Crippen LogP contribution in [0.5, 0.6) is 0 Å². The van der Waals surface area contributed by atoms with Crippen LogP contribution in [0.3, 0.4) is 0 Å². The van der Waals surface area contributed by atoms with Gasteiger partial charge in [-0.1, -0.05) is 41.6 Å². The molecule has 1 aromatic heterocycles. The van der Waals surface area contributed by atoms with Gasteiger partial charge in [0.25, 0.3) is 5.69 Å². The molecule has 1 aliphatic heterocycles. The van der Waals surface area contributed by atoms with E-state index < -0.39 is 4.92 Å². The first-order valence-electron chi connectivity index (χ1n) is 10.2. The molecule has 11 heteroatoms. The predicted octanol–water partition coefficient (Wildman–Crippen LogP) is 4.55. The van der Waals surface area contributed by atoms with E-state index in [9.17, 15) is 14.9 Å². The molecule has 0 radical (unpaired) electrons. The fourth-order valence-electron chi connectivity index (χ4n) is 3.50. The molecule has 1 saturated heterocycles. The fourth-order valence-corrected chi connectivity index (χ4v) is 4.41. The van der Waals surface area contributed by atoms with E-state index in [1.165, 1.54) is 36.4 Å². The molecule has 0 bridgehead atoms. The number of piperidine rings is 1. The van der Waals surface area contributed by atoms with Gasteiger partial charge in [-0.15, -0.1) is 10.2 Å². The molecule has 166 valence electrons. The number of halogens is 1. The Morgan fingerprint density at radius 3 is 2.59 bits per heavy atom. The van der Waals surface area contributed by atoms with E-state index in [2.05, 4.69) is 20.4 Å². The van der Waals surface area contributed by atoms with Crippen molar-refractivity contribution in [2.45, 2.75) is 24.4 Å². The maximum absolute atomic E-state index is 12.5. The Morgan fingerprint density at radius 2 is 1.88 bits per heavy atom. The van der Waals surface area contributed by atoms with Crippen molar-refractivity contribution in [3.05, 3.63) is 63.7 Å². The summed E-state index contributed by atoms with van der Waals surface area (Å²) in [6, 6.07) is 13.7. The number of nitro groups is 1. The van der Waals surface area contributed by atoms with Crippen molar-refractivity contribution < 1.29 is 9.72 Å². The van der Waals surface area contributed by atoms with Crippen LogP contribution in [-0.2, 0) is 4.79 Å². The van der Waals surface area contributed by atoms with Gasteiger partial charge in [-0.05, 0) is 37.5 Å². The van der Waals surface area contributed by atoms with Crippen molar-refractivity contribution in [3.63, 3.8) is 0 Å². The molecule has 0 atom stereocenters. The number of carbonyl (C=O) groups excluding carboxylic acids is 1. The lowest BCUT2D eigenvalue weighted by Crippen LogP contribution is -2.31. The van der Waals surface area contributed by atoms with Crippen LogP contribution in [0.1, 0.15) is 19.3 Å². The van der Waals surface area contributed by atoms with Gasteiger partial charge in [0.1, 0.15) is 0 Å². The first-order chi connectivity index (χ1) is 15.5. The lowest BCUT2D eigenvalue weighted by molar-refractivity contribution is -0.384. The second kappa shape index (κ2) is 10.0. The number of nitrogens with zero attached hydrogens (tertiary/aromatic N) is 5. The number of rotatable bonds is 7. The fraction of sp³-hybridized carbons (Fsp3) is 0.286. The Hall–Kier alpha value is -3.11. The van der Waals surface area contributed by atoms with Crippen LogP contribution in [-0.4, -0.2) is 44.4 Å². The van der Waals surface area contributed by atoms with Gasteiger partial charge in [0.2, 0.25) is 11.9 Å². The summed E-state index contributed by atoms with van der Waals surface area (Å²) < 4.78 is 1.96. The van der Waals surface area contributed by atoms with Gasteiger partial charge in [0.15, 0.2) is 5.16 Å². The van der Waals surface area contributed by atoms with Crippen LogP contribution in [0.15, 0.2) is 53.7 Å². The number of hydrogen-bond acceptors (Lipinski definition) is 7. The highest BCUT2D eigenvalue weighted by molar-refractivity contribution is 7.99. The molecule has 3 aromatic rings. The van der Waals surface area contributed by atoms with Crippen molar-refractivity contribution in [1.82, 2.24) is 14.8 Å². The molecular weight excluding hydrogens is 452 g/mol. The first kappa shape index (κ1) is 22.1. The van der Waals surface area contributed by atoms with Gasteiger partial charge in [-0.25, -0.2) is 0 Å². The van der Waals surface area contributed by atoms with E-state index in [0.717, 1.165) is 37.6 Å². The highest BCUT2D eigenvalue weighted by Crippen LogP contribution is 2.30. The van der Waals surface area contributed by atoms with Crippen molar-refractivity contribution in [2.75, 3.05) is 29.1 Å². The number of amides is 1. The zero-order valence-corrected chi connectivity index (χ0v) is 18.7. The van der Waals surface area contributed by atoms with Crippen molar-refractivity contribution >= 4 is 46.6 Å². The van der Waals surface area contributed by atoms with E-state index in [1.807, 2.05) is 34.9 Å². The Labute approximate surface area is 193 Å². The average molecular weight is 473 g/mol. The smallest absolute Gasteiger partial charge is 0.271 e. The number of hydrogen-bond donors (Lipinski definition) is 1. The minimum atomic E-state index is -0.537. The number of benzene rings is 2. The standard InChI is InChI=1S/C21H21ClN6O3S/c22-17-10-9-16(28(30)31)13-18(17)23-19(29)14-32-21-25-24-20(26-11-5-2-6-12-26)27(21)15-7-3-1-4-8-15/h1,3-4,7-10,13H,2,5-6,11-12,14H2,(H,23,29). The first-order valence-corrected chi connectivity index (χ1v) is 11.5. The van der Waals surface area contributed by atoms with E-state index in [-0.39, 0.29) is 28.1 Å². The molecule has 1 fully saturated rings. The Bertz CT molecular complexity index is 1120. The van der Waals surface area contributed by atoms with E-state index in [4.69, 9.17) is 11.6 Å². The molecule has 0 aliphatic carbocycles. The summed E-state index contributed by atoms with van der Waals surface area (Å²) in [5.41, 5.74) is 0.972. The molecule has 1 N–H and O–H groups in total. The van der Waals surface area contributed by atoms with Crippen LogP contribution >= 0.6 is 23.4 Å². The quantitative estimate of drug-likeness (QED) is 0.305. The monoisotopic (exact) mass is 472 g/mol. The normalized spacial score (nSPS) is 13.7. The van der Waals surface area contributed by atoms with E-state index in [0.29, 0.717) is 5.16 Å². The zero-order valence-electron chi connectivity index (χ0n) is 17.1. The third-order valence-electron chi connectivity index (χ3n) is 5.04. The molecule has 1 aliphatic rings. The summed E-state index contributed by atoms with van der Waals surface area (Å²) in [6.07, 6.45) is 3.42. The van der Waals surface area contributed by atoms with Gasteiger partial charge >= 0.3 is 0 Å². The Morgan fingerprint density at radius 1 is 1.12 bits per heavy atom. The molecule has 0 spiro atoms. The van der Waals surface area contributed by atoms with Crippen molar-refractivity contribution in [3.8, 4) is 5.69 Å². The molecule has 0 unspecified atom stereocenters. The highest BCUT2D eigenvalue weighted by atomic mass is 35.5. The molecule has 2 heterocycles. The Balaban J connectivity index is 1.52. The SMILES string of the molecule is O=C(CSc1nnc(N2CCCCC2)n1-c1ccccc1)Nc1cc([N+](=O)[O-])ccc1Cl. The van der Waals surface area contributed by atoms with Crippen molar-refractivity contribution in [1.29, 1.82) is 0 Å². The van der Waals surface area contributed by atoms with Gasteiger partial charge < -0.3 is 10.2 Å². The number of anilines is 2. The summed E-state index contributed by atoms with van der Waals surface area (Å²) in [5.74, 6) is 0.462. The third-order valence-corrected chi connectivity index (χ3v) is 6.30. The number of non-ortho nitro benzene ring substituents is 1. The summed E-state index contributed by atoms with van der Waals surface area (Å²) in [4.78, 5) is 25.2. The molecular formula is C21H21ClN6O3S. The summed E-state index contributed by atoms with van der Waals surface area (Å²) in [5, 5.41) is 23.2. The van der Waals surface area contributed by atoms with Gasteiger partial charge in [0, 0.05) is 25.2 Å².